The van der Waals surface area contributed by atoms with Crippen LogP contribution in [0.5, 0.6) is 0 Å². The Morgan fingerprint density at radius 1 is 1.40 bits per heavy atom. The van der Waals surface area contributed by atoms with Crippen molar-refractivity contribution in [3.63, 3.8) is 0 Å². The highest BCUT2D eigenvalue weighted by Gasteiger charge is 2.51. The van der Waals surface area contributed by atoms with E-state index in [1.807, 2.05) is 25.1 Å². The normalized spacial score (nSPS) is 21.4. The van der Waals surface area contributed by atoms with Crippen LogP contribution >= 0.6 is 0 Å². The summed E-state index contributed by atoms with van der Waals surface area (Å²) in [5.74, 6) is -2.62. The molecule has 2 aliphatic rings. The minimum Gasteiger partial charge on any atom is -0.475 e. The Morgan fingerprint density at radius 2 is 2.03 bits per heavy atom. The van der Waals surface area contributed by atoms with Crippen LogP contribution in [0, 0.1) is 6.92 Å². The number of aromatic nitrogens is 1. The molecule has 0 aromatic carbocycles. The summed E-state index contributed by atoms with van der Waals surface area (Å²) in [6.07, 6.45) is -3.40. The summed E-state index contributed by atoms with van der Waals surface area (Å²) in [6, 6.07) is 5.90. The van der Waals surface area contributed by atoms with Crippen LogP contribution in [0.1, 0.15) is 31.2 Å². The Labute approximate surface area is 173 Å². The number of pyridine rings is 1. The molecule has 1 aromatic rings. The first kappa shape index (κ1) is 24.5. The van der Waals surface area contributed by atoms with E-state index in [1.165, 1.54) is 4.31 Å². The quantitative estimate of drug-likeness (QED) is 0.726. The number of aryl methyl sites for hydroxylation is 1. The molecule has 170 valence electrons. The van der Waals surface area contributed by atoms with Crippen LogP contribution in [0.15, 0.2) is 18.2 Å². The molecule has 2 saturated heterocycles. The van der Waals surface area contributed by atoms with Crippen molar-refractivity contribution >= 4 is 16.0 Å². The van der Waals surface area contributed by atoms with Crippen molar-refractivity contribution in [3.8, 4) is 0 Å². The van der Waals surface area contributed by atoms with Crippen LogP contribution in [0.3, 0.4) is 0 Å². The summed E-state index contributed by atoms with van der Waals surface area (Å²) >= 11 is 0. The van der Waals surface area contributed by atoms with E-state index in [0.717, 1.165) is 24.2 Å². The summed E-state index contributed by atoms with van der Waals surface area (Å²) in [5, 5.41) is 7.12. The number of carboxylic acids is 1. The molecule has 30 heavy (non-hydrogen) atoms. The third kappa shape index (κ3) is 6.62. The summed E-state index contributed by atoms with van der Waals surface area (Å²) in [5.41, 5.74) is 1.55. The predicted molar refractivity (Wildman–Crippen MR) is 100 cm³/mol. The van der Waals surface area contributed by atoms with Gasteiger partial charge in [0.1, 0.15) is 0 Å². The van der Waals surface area contributed by atoms with Crippen LogP contribution in [0.25, 0.3) is 0 Å². The number of hydrogen-bond acceptors (Lipinski definition) is 6. The molecule has 1 unspecified atom stereocenters. The van der Waals surface area contributed by atoms with Gasteiger partial charge in [-0.2, -0.15) is 17.5 Å². The molecule has 1 spiro atoms. The lowest BCUT2D eigenvalue weighted by atomic mass is 9.86. The second-order valence-corrected chi connectivity index (χ2v) is 9.46. The molecule has 0 amide bonds. The molecule has 0 bridgehead atoms. The molecule has 3 rings (SSSR count). The van der Waals surface area contributed by atoms with Crippen molar-refractivity contribution < 1.29 is 41.0 Å². The number of rotatable bonds is 5. The molecular weight excluding hydrogens is 429 g/mol. The van der Waals surface area contributed by atoms with Gasteiger partial charge in [-0.05, 0) is 32.4 Å². The van der Waals surface area contributed by atoms with Crippen molar-refractivity contribution in [2.24, 2.45) is 0 Å². The van der Waals surface area contributed by atoms with Crippen molar-refractivity contribution in [1.82, 2.24) is 9.29 Å². The van der Waals surface area contributed by atoms with E-state index in [4.69, 9.17) is 19.4 Å². The minimum atomic E-state index is -5.08. The van der Waals surface area contributed by atoms with E-state index >= 15 is 0 Å². The van der Waals surface area contributed by atoms with Gasteiger partial charge < -0.3 is 14.6 Å². The number of ether oxygens (including phenoxy) is 2. The van der Waals surface area contributed by atoms with Gasteiger partial charge in [0.2, 0.25) is 10.0 Å². The molecule has 2 fully saturated rings. The third-order valence-corrected chi connectivity index (χ3v) is 6.56. The first-order valence-corrected chi connectivity index (χ1v) is 10.9. The number of nitrogens with zero attached hydrogens (tertiary/aromatic N) is 2. The smallest absolute Gasteiger partial charge is 0.475 e. The van der Waals surface area contributed by atoms with Gasteiger partial charge in [-0.3, -0.25) is 4.98 Å². The van der Waals surface area contributed by atoms with Crippen molar-refractivity contribution in [2.75, 3.05) is 25.4 Å². The Balaban J connectivity index is 0.000000396. The van der Waals surface area contributed by atoms with E-state index in [1.54, 1.807) is 6.92 Å². The summed E-state index contributed by atoms with van der Waals surface area (Å²) in [7, 11) is -3.11. The summed E-state index contributed by atoms with van der Waals surface area (Å²) < 4.78 is 68.8. The average Bonchev–Trinajstić information content (AvgIpc) is 2.64. The number of sulfonamides is 1. The highest BCUT2D eigenvalue weighted by Crippen LogP contribution is 2.37. The Hall–Kier alpha value is -1.76. The first-order valence-electron chi connectivity index (χ1n) is 9.33. The largest absolute Gasteiger partial charge is 0.490 e. The zero-order chi connectivity index (χ0) is 22.6. The lowest BCUT2D eigenvalue weighted by Gasteiger charge is -2.52. The summed E-state index contributed by atoms with van der Waals surface area (Å²) in [6.45, 7) is 5.63. The number of halogens is 3. The molecular formula is C18H25F3N2O6S. The number of carboxylic acid groups (broad SMARTS) is 1. The van der Waals surface area contributed by atoms with Gasteiger partial charge in [0.15, 0.2) is 0 Å². The zero-order valence-electron chi connectivity index (χ0n) is 16.7. The fourth-order valence-corrected chi connectivity index (χ4v) is 4.43. The number of aliphatic carboxylic acids is 1. The van der Waals surface area contributed by atoms with E-state index in [-0.39, 0.29) is 17.5 Å². The first-order chi connectivity index (χ1) is 13.9. The standard InChI is InChI=1S/C16H24N2O4S.C2HF3O2/c1-3-23(19,20)18-11-16(12-18)9-15(7-8-22-16)21-10-14-6-4-5-13(2)17-14;3-2(4,5)1(6)7/h4-6,15H,3,7-12H2,1-2H3;(H,6,7). The zero-order valence-corrected chi connectivity index (χ0v) is 17.5. The second-order valence-electron chi connectivity index (χ2n) is 7.20. The molecule has 12 heteroatoms. The second kappa shape index (κ2) is 9.58. The molecule has 2 aliphatic heterocycles. The Kier molecular flexibility index (Phi) is 7.83. The SMILES string of the molecule is CCS(=O)(=O)N1CC2(CC(OCc3cccc(C)n3)CCO2)C1.O=C(O)C(F)(F)F. The van der Waals surface area contributed by atoms with Crippen LogP contribution in [-0.4, -0.2) is 72.1 Å². The van der Waals surface area contributed by atoms with Gasteiger partial charge in [-0.25, -0.2) is 13.2 Å². The van der Waals surface area contributed by atoms with E-state index in [0.29, 0.717) is 26.3 Å². The Bertz CT molecular complexity index is 841. The lowest BCUT2D eigenvalue weighted by Crippen LogP contribution is -2.67. The number of hydrogen-bond donors (Lipinski definition) is 1. The van der Waals surface area contributed by atoms with Crippen LogP contribution in [0.2, 0.25) is 0 Å². The predicted octanol–water partition coefficient (Wildman–Crippen LogP) is 2.12. The van der Waals surface area contributed by atoms with Gasteiger partial charge in [0.05, 0.1) is 29.8 Å². The molecule has 0 radical (unpaired) electrons. The van der Waals surface area contributed by atoms with Gasteiger partial charge in [0, 0.05) is 31.8 Å². The monoisotopic (exact) mass is 454 g/mol. The van der Waals surface area contributed by atoms with Gasteiger partial charge in [0.25, 0.3) is 0 Å². The lowest BCUT2D eigenvalue weighted by molar-refractivity contribution is -0.192. The highest BCUT2D eigenvalue weighted by atomic mass is 32.2. The van der Waals surface area contributed by atoms with Gasteiger partial charge >= 0.3 is 12.1 Å². The molecule has 0 saturated carbocycles. The molecule has 1 N–H and O–H groups in total. The van der Waals surface area contributed by atoms with Gasteiger partial charge in [-0.1, -0.05) is 6.07 Å². The topological polar surface area (TPSA) is 106 Å². The van der Waals surface area contributed by atoms with Gasteiger partial charge in [-0.15, -0.1) is 0 Å². The molecule has 3 heterocycles. The highest BCUT2D eigenvalue weighted by molar-refractivity contribution is 7.89. The van der Waals surface area contributed by atoms with Crippen LogP contribution in [0.4, 0.5) is 13.2 Å². The number of alkyl halides is 3. The van der Waals surface area contributed by atoms with E-state index < -0.39 is 22.2 Å². The maximum absolute atomic E-state index is 11.9. The number of carbonyl (C=O) groups is 1. The minimum absolute atomic E-state index is 0.0949. The molecule has 8 nitrogen and oxygen atoms in total. The van der Waals surface area contributed by atoms with E-state index in [2.05, 4.69) is 4.98 Å². The fourth-order valence-electron chi connectivity index (χ4n) is 3.20. The average molecular weight is 454 g/mol. The molecule has 1 atom stereocenters. The Morgan fingerprint density at radius 3 is 2.57 bits per heavy atom. The van der Waals surface area contributed by atoms with Crippen molar-refractivity contribution in [2.45, 2.75) is 51.2 Å². The van der Waals surface area contributed by atoms with Crippen molar-refractivity contribution in [3.05, 3.63) is 29.6 Å². The summed E-state index contributed by atoms with van der Waals surface area (Å²) in [4.78, 5) is 13.3. The third-order valence-electron chi connectivity index (χ3n) is 4.79. The fraction of sp³-hybridized carbons (Fsp3) is 0.667. The van der Waals surface area contributed by atoms with Crippen LogP contribution in [-0.2, 0) is 30.9 Å². The van der Waals surface area contributed by atoms with Crippen LogP contribution < -0.4 is 0 Å². The van der Waals surface area contributed by atoms with Crippen molar-refractivity contribution in [1.29, 1.82) is 0 Å². The maximum atomic E-state index is 11.9. The molecule has 1 aromatic heterocycles. The van der Waals surface area contributed by atoms with E-state index in [9.17, 15) is 21.6 Å². The maximum Gasteiger partial charge on any atom is 0.490 e. The molecule has 0 aliphatic carbocycles.